The van der Waals surface area contributed by atoms with Crippen LogP contribution in [0.25, 0.3) is 5.69 Å². The van der Waals surface area contributed by atoms with E-state index >= 15 is 0 Å². The monoisotopic (exact) mass is 465 g/mol. The molecule has 2 aromatic heterocycles. The summed E-state index contributed by atoms with van der Waals surface area (Å²) in [4.78, 5) is 32.7. The molecule has 8 nitrogen and oxygen atoms in total. The number of benzene rings is 2. The lowest BCUT2D eigenvalue weighted by Gasteiger charge is -2.15. The van der Waals surface area contributed by atoms with Crippen LogP contribution in [0.15, 0.2) is 75.8 Å². The lowest BCUT2D eigenvalue weighted by molar-refractivity contribution is -0.387. The van der Waals surface area contributed by atoms with Gasteiger partial charge in [-0.1, -0.05) is 23.9 Å². The number of hydrogen-bond acceptors (Lipinski definition) is 7. The predicted molar refractivity (Wildman–Crippen MR) is 124 cm³/mol. The normalized spacial score (nSPS) is 11.8. The molecule has 0 spiro atoms. The van der Waals surface area contributed by atoms with Crippen LogP contribution in [0, 0.1) is 17.0 Å². The van der Waals surface area contributed by atoms with Crippen molar-refractivity contribution in [1.29, 1.82) is 0 Å². The summed E-state index contributed by atoms with van der Waals surface area (Å²) in [5.74, 6) is -0.374. The topological polar surface area (TPSA) is 103 Å². The Hall–Kier alpha value is -3.50. The van der Waals surface area contributed by atoms with Crippen molar-refractivity contribution in [1.82, 2.24) is 19.9 Å². The number of thiazole rings is 1. The summed E-state index contributed by atoms with van der Waals surface area (Å²) in [6.45, 7) is 3.74. The number of nitro benzene ring substituents is 1. The molecule has 10 heteroatoms. The number of aromatic nitrogens is 3. The minimum atomic E-state index is -0.474. The smallest absolute Gasteiger partial charge is 0.284 e. The molecule has 0 saturated heterocycles. The number of nitrogens with zero attached hydrogens (tertiary/aromatic N) is 4. The van der Waals surface area contributed by atoms with Crippen LogP contribution in [0.1, 0.15) is 34.6 Å². The Kier molecular flexibility index (Phi) is 6.33. The van der Waals surface area contributed by atoms with Gasteiger partial charge >= 0.3 is 0 Å². The summed E-state index contributed by atoms with van der Waals surface area (Å²) in [5, 5.41) is 16.4. The SMILES string of the molecule is Cc1csc(Sc2ccc(C(=O)N[C@H](C)c3ccc(-n4ccnc4)cc3)cc2[N+](=O)[O-])n1. The van der Waals surface area contributed by atoms with Gasteiger partial charge < -0.3 is 9.88 Å². The van der Waals surface area contributed by atoms with Gasteiger partial charge in [0.1, 0.15) is 0 Å². The van der Waals surface area contributed by atoms with Crippen LogP contribution in [0.5, 0.6) is 0 Å². The average molecular weight is 466 g/mol. The van der Waals surface area contributed by atoms with Crippen LogP contribution in [0.4, 0.5) is 5.69 Å². The highest BCUT2D eigenvalue weighted by molar-refractivity contribution is 8.01. The number of hydrogen-bond donors (Lipinski definition) is 1. The fourth-order valence-electron chi connectivity index (χ4n) is 3.07. The van der Waals surface area contributed by atoms with Crippen molar-refractivity contribution in [3.8, 4) is 5.69 Å². The van der Waals surface area contributed by atoms with E-state index in [1.54, 1.807) is 24.7 Å². The molecular weight excluding hydrogens is 446 g/mol. The van der Waals surface area contributed by atoms with Gasteiger partial charge in [0, 0.05) is 40.8 Å². The molecule has 0 aliphatic heterocycles. The summed E-state index contributed by atoms with van der Waals surface area (Å²) in [7, 11) is 0. The van der Waals surface area contributed by atoms with Gasteiger partial charge in [0.25, 0.3) is 11.6 Å². The van der Waals surface area contributed by atoms with E-state index in [1.165, 1.54) is 29.2 Å². The maximum Gasteiger partial charge on any atom is 0.284 e. The molecule has 0 fully saturated rings. The number of carbonyl (C=O) groups excluding carboxylic acids is 1. The zero-order chi connectivity index (χ0) is 22.7. The molecule has 0 saturated carbocycles. The number of nitro groups is 1. The predicted octanol–water partition coefficient (Wildman–Crippen LogP) is 5.19. The van der Waals surface area contributed by atoms with Crippen molar-refractivity contribution in [2.24, 2.45) is 0 Å². The first-order chi connectivity index (χ1) is 15.4. The van der Waals surface area contributed by atoms with Gasteiger partial charge in [-0.25, -0.2) is 9.97 Å². The second kappa shape index (κ2) is 9.33. The first-order valence-corrected chi connectivity index (χ1v) is 11.4. The first-order valence-electron chi connectivity index (χ1n) is 9.68. The van der Waals surface area contributed by atoms with Crippen LogP contribution >= 0.6 is 23.1 Å². The summed E-state index contributed by atoms with van der Waals surface area (Å²) < 4.78 is 2.61. The van der Waals surface area contributed by atoms with E-state index in [4.69, 9.17) is 0 Å². The summed E-state index contributed by atoms with van der Waals surface area (Å²) in [6, 6.07) is 12.0. The number of amides is 1. The minimum absolute atomic E-state index is 0.118. The summed E-state index contributed by atoms with van der Waals surface area (Å²) in [6.07, 6.45) is 5.27. The fraction of sp³-hybridized carbons (Fsp3) is 0.136. The number of nitrogens with one attached hydrogen (secondary N) is 1. The standard InChI is InChI=1S/C22H19N5O3S2/c1-14-12-31-22(24-14)32-20-8-5-17(11-19(20)27(29)30)21(28)25-15(2)16-3-6-18(7-4-16)26-10-9-23-13-26/h3-13,15H,1-2H3,(H,25,28)/t15-/m1/s1. The number of carbonyl (C=O) groups is 1. The van der Waals surface area contributed by atoms with Gasteiger partial charge in [-0.2, -0.15) is 0 Å². The van der Waals surface area contributed by atoms with Crippen LogP contribution in [-0.2, 0) is 0 Å². The third-order valence-electron chi connectivity index (χ3n) is 4.76. The second-order valence-corrected chi connectivity index (χ2v) is 9.20. The highest BCUT2D eigenvalue weighted by Gasteiger charge is 2.20. The Bertz CT molecular complexity index is 1250. The molecular formula is C22H19N5O3S2. The van der Waals surface area contributed by atoms with Crippen molar-refractivity contribution in [2.45, 2.75) is 29.1 Å². The Morgan fingerprint density at radius 3 is 2.66 bits per heavy atom. The average Bonchev–Trinajstić information content (AvgIpc) is 3.46. The molecule has 0 aliphatic rings. The third-order valence-corrected chi connectivity index (χ3v) is 6.88. The Morgan fingerprint density at radius 1 is 1.25 bits per heavy atom. The van der Waals surface area contributed by atoms with E-state index in [1.807, 2.05) is 54.3 Å². The molecule has 162 valence electrons. The van der Waals surface area contributed by atoms with Gasteiger partial charge in [-0.05, 0) is 43.7 Å². The Balaban J connectivity index is 1.48. The highest BCUT2D eigenvalue weighted by Crippen LogP contribution is 2.36. The number of rotatable bonds is 7. The van der Waals surface area contributed by atoms with Gasteiger partial charge in [0.2, 0.25) is 0 Å². The zero-order valence-electron chi connectivity index (χ0n) is 17.3. The highest BCUT2D eigenvalue weighted by atomic mass is 32.2. The van der Waals surface area contributed by atoms with E-state index < -0.39 is 4.92 Å². The van der Waals surface area contributed by atoms with Crippen LogP contribution < -0.4 is 5.32 Å². The van der Waals surface area contributed by atoms with Crippen molar-refractivity contribution in [3.05, 3.63) is 93.5 Å². The third kappa shape index (κ3) is 4.87. The molecule has 0 unspecified atom stereocenters. The molecule has 32 heavy (non-hydrogen) atoms. The van der Waals surface area contributed by atoms with E-state index in [9.17, 15) is 14.9 Å². The van der Waals surface area contributed by atoms with Crippen molar-refractivity contribution in [3.63, 3.8) is 0 Å². The van der Waals surface area contributed by atoms with Crippen LogP contribution in [0.2, 0.25) is 0 Å². The summed E-state index contributed by atoms with van der Waals surface area (Å²) >= 11 is 2.65. The van der Waals surface area contributed by atoms with E-state index in [-0.39, 0.29) is 23.2 Å². The number of aryl methyl sites for hydroxylation is 1. The zero-order valence-corrected chi connectivity index (χ0v) is 18.9. The molecule has 2 heterocycles. The molecule has 1 atom stereocenters. The number of imidazole rings is 1. The molecule has 0 radical (unpaired) electrons. The molecule has 1 N–H and O–H groups in total. The maximum atomic E-state index is 12.8. The Labute approximate surface area is 192 Å². The fourth-order valence-corrected chi connectivity index (χ4v) is 4.95. The van der Waals surface area contributed by atoms with Gasteiger partial charge in [-0.15, -0.1) is 11.3 Å². The second-order valence-electron chi connectivity index (χ2n) is 7.05. The van der Waals surface area contributed by atoms with Crippen molar-refractivity contribution < 1.29 is 9.72 Å². The maximum absolute atomic E-state index is 12.8. The molecule has 1 amide bonds. The van der Waals surface area contributed by atoms with E-state index in [2.05, 4.69) is 15.3 Å². The lowest BCUT2D eigenvalue weighted by Crippen LogP contribution is -2.26. The Morgan fingerprint density at radius 2 is 2.03 bits per heavy atom. The van der Waals surface area contributed by atoms with Crippen molar-refractivity contribution in [2.75, 3.05) is 0 Å². The molecule has 2 aromatic carbocycles. The molecule has 4 aromatic rings. The largest absolute Gasteiger partial charge is 0.346 e. The lowest BCUT2D eigenvalue weighted by atomic mass is 10.1. The van der Waals surface area contributed by atoms with Gasteiger partial charge in [0.05, 0.1) is 22.2 Å². The van der Waals surface area contributed by atoms with Crippen LogP contribution in [-0.4, -0.2) is 25.4 Å². The quantitative estimate of drug-likeness (QED) is 0.298. The molecule has 0 bridgehead atoms. The van der Waals surface area contributed by atoms with Gasteiger partial charge in [0.15, 0.2) is 4.34 Å². The van der Waals surface area contributed by atoms with Crippen LogP contribution in [0.3, 0.4) is 0 Å². The first kappa shape index (κ1) is 21.7. The summed E-state index contributed by atoms with van der Waals surface area (Å²) in [5.41, 5.74) is 2.86. The van der Waals surface area contributed by atoms with E-state index in [0.29, 0.717) is 4.90 Å². The van der Waals surface area contributed by atoms with E-state index in [0.717, 1.165) is 21.3 Å². The molecule has 4 rings (SSSR count). The van der Waals surface area contributed by atoms with Gasteiger partial charge in [-0.3, -0.25) is 14.9 Å². The minimum Gasteiger partial charge on any atom is -0.346 e. The molecule has 0 aliphatic carbocycles. The van der Waals surface area contributed by atoms with Crippen molar-refractivity contribution >= 4 is 34.7 Å².